The molecule has 0 bridgehead atoms. The van der Waals surface area contributed by atoms with Gasteiger partial charge < -0.3 is 20.9 Å². The smallest absolute Gasteiger partial charge is 0.161 e. The fraction of sp³-hybridized carbons (Fsp3) is 0.571. The van der Waals surface area contributed by atoms with Gasteiger partial charge in [-0.25, -0.2) is 0 Å². The van der Waals surface area contributed by atoms with Crippen molar-refractivity contribution in [3.05, 3.63) is 23.8 Å². The predicted molar refractivity (Wildman–Crippen MR) is 69.7 cm³/mol. The highest BCUT2D eigenvalue weighted by Gasteiger charge is 2.47. The van der Waals surface area contributed by atoms with Gasteiger partial charge in [0.15, 0.2) is 11.5 Å². The van der Waals surface area contributed by atoms with Crippen molar-refractivity contribution < 1.29 is 9.47 Å². The molecule has 0 radical (unpaired) electrons. The highest BCUT2D eigenvalue weighted by atomic mass is 16.5. The average Bonchev–Trinajstić information content (AvgIpc) is 3.21. The van der Waals surface area contributed by atoms with Gasteiger partial charge in [0.2, 0.25) is 0 Å². The number of fused-ring (bicyclic) bond motifs is 1. The van der Waals surface area contributed by atoms with Crippen LogP contribution in [0.5, 0.6) is 11.5 Å². The van der Waals surface area contributed by atoms with Crippen LogP contribution in [0.1, 0.15) is 30.9 Å². The van der Waals surface area contributed by atoms with Crippen LogP contribution in [0, 0.1) is 5.41 Å². The molecule has 0 amide bonds. The molecule has 1 aliphatic carbocycles. The second kappa shape index (κ2) is 4.44. The van der Waals surface area contributed by atoms with E-state index in [4.69, 9.17) is 20.9 Å². The molecule has 1 unspecified atom stereocenters. The molecule has 1 aromatic rings. The maximum atomic E-state index is 6.34. The van der Waals surface area contributed by atoms with Crippen molar-refractivity contribution >= 4 is 0 Å². The number of ether oxygens (including phenoxy) is 2. The summed E-state index contributed by atoms with van der Waals surface area (Å²) in [6.07, 6.45) is 3.17. The standard InChI is InChI=1S/C14H20N2O2/c15-9-14(4-5-14)13(16)10-2-3-11-12(8-10)18-7-1-6-17-11/h2-3,8,13H,1,4-7,9,15-16H2. The highest BCUT2D eigenvalue weighted by Crippen LogP contribution is 2.53. The Morgan fingerprint density at radius 2 is 1.89 bits per heavy atom. The molecule has 3 rings (SSSR count). The van der Waals surface area contributed by atoms with E-state index in [2.05, 4.69) is 0 Å². The highest BCUT2D eigenvalue weighted by molar-refractivity contribution is 5.45. The van der Waals surface area contributed by atoms with Gasteiger partial charge in [-0.15, -0.1) is 0 Å². The maximum Gasteiger partial charge on any atom is 0.161 e. The summed E-state index contributed by atoms with van der Waals surface area (Å²) in [5.74, 6) is 1.63. The van der Waals surface area contributed by atoms with Gasteiger partial charge in [0.05, 0.1) is 13.2 Å². The Balaban J connectivity index is 1.87. The van der Waals surface area contributed by atoms with Crippen molar-refractivity contribution in [2.24, 2.45) is 16.9 Å². The first-order chi connectivity index (χ1) is 8.75. The lowest BCUT2D eigenvalue weighted by Gasteiger charge is -2.22. The minimum Gasteiger partial charge on any atom is -0.490 e. The Bertz CT molecular complexity index is 443. The summed E-state index contributed by atoms with van der Waals surface area (Å²) in [7, 11) is 0. The summed E-state index contributed by atoms with van der Waals surface area (Å²) in [6.45, 7) is 2.07. The van der Waals surface area contributed by atoms with Crippen LogP contribution in [0.25, 0.3) is 0 Å². The van der Waals surface area contributed by atoms with Gasteiger partial charge >= 0.3 is 0 Å². The van der Waals surface area contributed by atoms with Gasteiger partial charge in [0, 0.05) is 17.9 Å². The van der Waals surface area contributed by atoms with Crippen LogP contribution >= 0.6 is 0 Å². The van der Waals surface area contributed by atoms with E-state index in [1.165, 1.54) is 0 Å². The molecule has 1 heterocycles. The van der Waals surface area contributed by atoms with Crippen LogP contribution in [-0.2, 0) is 0 Å². The molecule has 2 aliphatic rings. The Morgan fingerprint density at radius 3 is 2.56 bits per heavy atom. The first-order valence-corrected chi connectivity index (χ1v) is 6.60. The Kier molecular flexibility index (Phi) is 2.92. The van der Waals surface area contributed by atoms with E-state index in [0.29, 0.717) is 19.8 Å². The third-order valence-electron chi connectivity index (χ3n) is 4.09. The largest absolute Gasteiger partial charge is 0.490 e. The van der Waals surface area contributed by atoms with Crippen LogP contribution < -0.4 is 20.9 Å². The predicted octanol–water partition coefficient (Wildman–Crippen LogP) is 1.59. The molecule has 1 saturated carbocycles. The third kappa shape index (κ3) is 1.95. The summed E-state index contributed by atoms with van der Waals surface area (Å²) in [5, 5.41) is 0. The maximum absolute atomic E-state index is 6.34. The van der Waals surface area contributed by atoms with Crippen molar-refractivity contribution in [3.63, 3.8) is 0 Å². The second-order valence-corrected chi connectivity index (χ2v) is 5.30. The molecule has 4 nitrogen and oxygen atoms in total. The van der Waals surface area contributed by atoms with Crippen LogP contribution in [0.2, 0.25) is 0 Å². The molecular formula is C14H20N2O2. The van der Waals surface area contributed by atoms with E-state index in [1.807, 2.05) is 18.2 Å². The lowest BCUT2D eigenvalue weighted by molar-refractivity contribution is 0.296. The minimum atomic E-state index is -0.000321. The number of nitrogens with two attached hydrogens (primary N) is 2. The van der Waals surface area contributed by atoms with Crippen molar-refractivity contribution in [2.75, 3.05) is 19.8 Å². The van der Waals surface area contributed by atoms with Gasteiger partial charge in [-0.1, -0.05) is 6.07 Å². The second-order valence-electron chi connectivity index (χ2n) is 5.30. The zero-order valence-corrected chi connectivity index (χ0v) is 10.5. The molecule has 1 aromatic carbocycles. The molecule has 1 fully saturated rings. The average molecular weight is 248 g/mol. The topological polar surface area (TPSA) is 70.5 Å². The molecule has 4 N–H and O–H groups in total. The van der Waals surface area contributed by atoms with Gasteiger partial charge in [-0.3, -0.25) is 0 Å². The lowest BCUT2D eigenvalue weighted by atomic mass is 9.91. The fourth-order valence-corrected chi connectivity index (χ4v) is 2.53. The fourth-order valence-electron chi connectivity index (χ4n) is 2.53. The number of benzene rings is 1. The lowest BCUT2D eigenvalue weighted by Crippen LogP contribution is -2.29. The molecule has 4 heteroatoms. The monoisotopic (exact) mass is 248 g/mol. The summed E-state index contributed by atoms with van der Waals surface area (Å²) >= 11 is 0. The summed E-state index contributed by atoms with van der Waals surface area (Å²) in [6, 6.07) is 6.01. The Hall–Kier alpha value is -1.26. The molecule has 1 atom stereocenters. The summed E-state index contributed by atoms with van der Waals surface area (Å²) in [5.41, 5.74) is 13.4. The molecule has 0 spiro atoms. The first-order valence-electron chi connectivity index (χ1n) is 6.60. The number of rotatable bonds is 3. The van der Waals surface area contributed by atoms with E-state index in [9.17, 15) is 0 Å². The van der Waals surface area contributed by atoms with E-state index in [0.717, 1.165) is 36.3 Å². The van der Waals surface area contributed by atoms with Crippen LogP contribution in [-0.4, -0.2) is 19.8 Å². The van der Waals surface area contributed by atoms with Crippen LogP contribution in [0.3, 0.4) is 0 Å². The van der Waals surface area contributed by atoms with Crippen LogP contribution in [0.15, 0.2) is 18.2 Å². The Morgan fingerprint density at radius 1 is 1.17 bits per heavy atom. The van der Waals surface area contributed by atoms with E-state index < -0.39 is 0 Å². The molecular weight excluding hydrogens is 228 g/mol. The van der Waals surface area contributed by atoms with Crippen molar-refractivity contribution in [1.29, 1.82) is 0 Å². The third-order valence-corrected chi connectivity index (χ3v) is 4.09. The van der Waals surface area contributed by atoms with Crippen molar-refractivity contribution in [2.45, 2.75) is 25.3 Å². The van der Waals surface area contributed by atoms with Gasteiger partial charge in [-0.05, 0) is 37.1 Å². The molecule has 0 saturated heterocycles. The number of hydrogen-bond acceptors (Lipinski definition) is 4. The summed E-state index contributed by atoms with van der Waals surface area (Å²) in [4.78, 5) is 0. The minimum absolute atomic E-state index is 0.000321. The van der Waals surface area contributed by atoms with Gasteiger partial charge in [-0.2, -0.15) is 0 Å². The van der Waals surface area contributed by atoms with E-state index >= 15 is 0 Å². The van der Waals surface area contributed by atoms with Crippen LogP contribution in [0.4, 0.5) is 0 Å². The molecule has 18 heavy (non-hydrogen) atoms. The Labute approximate surface area is 107 Å². The zero-order chi connectivity index (χ0) is 12.6. The van der Waals surface area contributed by atoms with E-state index in [1.54, 1.807) is 0 Å². The normalized spacial score (nSPS) is 22.1. The molecule has 0 aromatic heterocycles. The number of hydrogen-bond donors (Lipinski definition) is 2. The van der Waals surface area contributed by atoms with Gasteiger partial charge in [0.25, 0.3) is 0 Å². The van der Waals surface area contributed by atoms with Gasteiger partial charge in [0.1, 0.15) is 0 Å². The van der Waals surface area contributed by atoms with Crippen molar-refractivity contribution in [1.82, 2.24) is 0 Å². The van der Waals surface area contributed by atoms with E-state index in [-0.39, 0.29) is 11.5 Å². The summed E-state index contributed by atoms with van der Waals surface area (Å²) < 4.78 is 11.3. The quantitative estimate of drug-likeness (QED) is 0.852. The van der Waals surface area contributed by atoms with Crippen molar-refractivity contribution in [3.8, 4) is 11.5 Å². The first kappa shape index (κ1) is 11.8. The molecule has 1 aliphatic heterocycles. The zero-order valence-electron chi connectivity index (χ0n) is 10.5. The molecule has 98 valence electrons. The SMILES string of the molecule is NCC1(C(N)c2ccc3c(c2)OCCCO3)CC1.